The molecule has 0 aliphatic heterocycles. The maximum atomic E-state index is 11.9. The van der Waals surface area contributed by atoms with Gasteiger partial charge in [-0.05, 0) is 30.7 Å². The van der Waals surface area contributed by atoms with Crippen LogP contribution in [0, 0.1) is 0 Å². The van der Waals surface area contributed by atoms with E-state index >= 15 is 0 Å². The Morgan fingerprint density at radius 3 is 2.39 bits per heavy atom. The fraction of sp³-hybridized carbons (Fsp3) is 0.222. The molecule has 0 saturated carbocycles. The lowest BCUT2D eigenvalue weighted by atomic mass is 10.1. The van der Waals surface area contributed by atoms with Crippen LogP contribution in [0.2, 0.25) is 0 Å². The number of nitrogens with one attached hydrogen (secondary N) is 2. The highest BCUT2D eigenvalue weighted by atomic mass is 16.5. The molecule has 2 amide bonds. The van der Waals surface area contributed by atoms with Crippen molar-refractivity contribution in [2.75, 3.05) is 12.4 Å². The number of amides is 2. The van der Waals surface area contributed by atoms with Gasteiger partial charge < -0.3 is 15.4 Å². The van der Waals surface area contributed by atoms with E-state index in [1.807, 2.05) is 30.3 Å². The molecule has 5 nitrogen and oxygen atoms in total. The normalized spacial score (nSPS) is 9.48. The maximum Gasteiger partial charge on any atom is 0.319 e. The van der Waals surface area contributed by atoms with Crippen molar-refractivity contribution in [3.8, 4) is 5.75 Å². The van der Waals surface area contributed by atoms with Crippen LogP contribution in [-0.4, -0.2) is 18.9 Å². The Morgan fingerprint density at radius 1 is 1.09 bits per heavy atom. The minimum atomic E-state index is -0.335. The molecule has 0 heterocycles. The molecule has 0 unspecified atom stereocenters. The molecule has 0 saturated heterocycles. The zero-order valence-corrected chi connectivity index (χ0v) is 12.6. The van der Waals surface area contributed by atoms with E-state index in [1.165, 1.54) is 14.0 Å². The van der Waals surface area contributed by atoms with Crippen LogP contribution in [0.1, 0.15) is 30.3 Å². The molecule has 0 spiro atoms. The van der Waals surface area contributed by atoms with Gasteiger partial charge in [0.05, 0.1) is 12.8 Å². The predicted molar refractivity (Wildman–Crippen MR) is 92.0 cm³/mol. The quantitative estimate of drug-likeness (QED) is 0.824. The summed E-state index contributed by atoms with van der Waals surface area (Å²) >= 11 is 0. The SMILES string of the molecule is C.COc1cc(C(C)=O)ccc1NC(=O)NCc1ccccc1. The van der Waals surface area contributed by atoms with E-state index in [2.05, 4.69) is 10.6 Å². The van der Waals surface area contributed by atoms with Crippen LogP contribution in [-0.2, 0) is 6.54 Å². The summed E-state index contributed by atoms with van der Waals surface area (Å²) in [6, 6.07) is 14.2. The van der Waals surface area contributed by atoms with E-state index in [-0.39, 0.29) is 19.2 Å². The number of hydrogen-bond donors (Lipinski definition) is 2. The largest absolute Gasteiger partial charge is 0.495 e. The first-order valence-corrected chi connectivity index (χ1v) is 6.88. The number of carbonyl (C=O) groups excluding carboxylic acids is 2. The molecule has 0 bridgehead atoms. The molecular weight excluding hydrogens is 292 g/mol. The summed E-state index contributed by atoms with van der Waals surface area (Å²) in [5, 5.41) is 5.48. The highest BCUT2D eigenvalue weighted by Gasteiger charge is 2.10. The van der Waals surface area contributed by atoms with Crippen LogP contribution in [0.4, 0.5) is 10.5 Å². The lowest BCUT2D eigenvalue weighted by molar-refractivity contribution is 0.101. The molecule has 5 heteroatoms. The number of anilines is 1. The molecule has 2 aromatic rings. The van der Waals surface area contributed by atoms with Gasteiger partial charge in [0, 0.05) is 12.1 Å². The molecule has 2 rings (SSSR count). The van der Waals surface area contributed by atoms with Crippen molar-refractivity contribution >= 4 is 17.5 Å². The molecule has 122 valence electrons. The van der Waals surface area contributed by atoms with Gasteiger partial charge in [-0.2, -0.15) is 0 Å². The summed E-state index contributed by atoms with van der Waals surface area (Å²) in [5.74, 6) is 0.390. The van der Waals surface area contributed by atoms with Crippen LogP contribution in [0.3, 0.4) is 0 Å². The van der Waals surface area contributed by atoms with Crippen LogP contribution < -0.4 is 15.4 Å². The molecular formula is C18H22N2O3. The van der Waals surface area contributed by atoms with E-state index in [0.29, 0.717) is 23.5 Å². The Bertz CT molecular complexity index is 669. The van der Waals surface area contributed by atoms with Crippen molar-refractivity contribution in [1.29, 1.82) is 0 Å². The van der Waals surface area contributed by atoms with Gasteiger partial charge in [-0.25, -0.2) is 4.79 Å². The van der Waals surface area contributed by atoms with Crippen molar-refractivity contribution in [1.82, 2.24) is 5.32 Å². The third kappa shape index (κ3) is 5.14. The van der Waals surface area contributed by atoms with Gasteiger partial charge in [0.2, 0.25) is 0 Å². The number of rotatable bonds is 5. The Labute approximate surface area is 136 Å². The zero-order chi connectivity index (χ0) is 15.9. The Kier molecular flexibility index (Phi) is 6.80. The van der Waals surface area contributed by atoms with Crippen molar-refractivity contribution in [2.24, 2.45) is 0 Å². The molecule has 0 aromatic heterocycles. The number of hydrogen-bond acceptors (Lipinski definition) is 3. The molecule has 0 radical (unpaired) electrons. The monoisotopic (exact) mass is 314 g/mol. The first-order chi connectivity index (χ1) is 10.6. The number of urea groups is 1. The van der Waals surface area contributed by atoms with E-state index in [4.69, 9.17) is 4.74 Å². The van der Waals surface area contributed by atoms with E-state index in [0.717, 1.165) is 5.56 Å². The number of Topliss-reactive ketones (excluding diaryl/α,β-unsaturated/α-hetero) is 1. The third-order valence-electron chi connectivity index (χ3n) is 3.15. The molecule has 0 fully saturated rings. The van der Waals surface area contributed by atoms with Crippen LogP contribution in [0.15, 0.2) is 48.5 Å². The second kappa shape index (κ2) is 8.58. The third-order valence-corrected chi connectivity index (χ3v) is 3.15. The van der Waals surface area contributed by atoms with E-state index in [9.17, 15) is 9.59 Å². The van der Waals surface area contributed by atoms with Gasteiger partial charge >= 0.3 is 6.03 Å². The average molecular weight is 314 g/mol. The summed E-state index contributed by atoms with van der Waals surface area (Å²) in [4.78, 5) is 23.3. The van der Waals surface area contributed by atoms with Gasteiger partial charge in [0.1, 0.15) is 5.75 Å². The summed E-state index contributed by atoms with van der Waals surface area (Å²) in [6.07, 6.45) is 0. The zero-order valence-electron chi connectivity index (χ0n) is 12.6. The van der Waals surface area contributed by atoms with Gasteiger partial charge in [0.15, 0.2) is 5.78 Å². The van der Waals surface area contributed by atoms with E-state index in [1.54, 1.807) is 18.2 Å². The minimum Gasteiger partial charge on any atom is -0.495 e. The second-order valence-corrected chi connectivity index (χ2v) is 4.76. The molecule has 23 heavy (non-hydrogen) atoms. The van der Waals surface area contributed by atoms with Crippen LogP contribution in [0.5, 0.6) is 5.75 Å². The van der Waals surface area contributed by atoms with Crippen LogP contribution >= 0.6 is 0 Å². The number of ketones is 1. The number of benzene rings is 2. The lowest BCUT2D eigenvalue weighted by Crippen LogP contribution is -2.28. The van der Waals surface area contributed by atoms with Crippen molar-refractivity contribution < 1.29 is 14.3 Å². The van der Waals surface area contributed by atoms with Crippen molar-refractivity contribution in [3.05, 3.63) is 59.7 Å². The highest BCUT2D eigenvalue weighted by molar-refractivity contribution is 5.96. The average Bonchev–Trinajstić information content (AvgIpc) is 2.54. The Balaban J connectivity index is 0.00000264. The highest BCUT2D eigenvalue weighted by Crippen LogP contribution is 2.25. The minimum absolute atomic E-state index is 0. The summed E-state index contributed by atoms with van der Waals surface area (Å²) in [5.41, 5.74) is 2.06. The first kappa shape index (κ1) is 18.2. The van der Waals surface area contributed by atoms with Crippen molar-refractivity contribution in [3.63, 3.8) is 0 Å². The fourth-order valence-corrected chi connectivity index (χ4v) is 1.96. The van der Waals surface area contributed by atoms with Gasteiger partial charge in [-0.1, -0.05) is 37.8 Å². The standard InChI is InChI=1S/C17H18N2O3.CH4/c1-12(20)14-8-9-15(16(10-14)22-2)19-17(21)18-11-13-6-4-3-5-7-13;/h3-10H,11H2,1-2H3,(H2,18,19,21);1H4. The number of carbonyl (C=O) groups is 2. The molecule has 0 aliphatic rings. The maximum absolute atomic E-state index is 11.9. The summed E-state index contributed by atoms with van der Waals surface area (Å²) < 4.78 is 5.21. The molecule has 0 atom stereocenters. The number of ether oxygens (including phenoxy) is 1. The smallest absolute Gasteiger partial charge is 0.319 e. The van der Waals surface area contributed by atoms with E-state index < -0.39 is 0 Å². The van der Waals surface area contributed by atoms with Gasteiger partial charge in [0.25, 0.3) is 0 Å². The van der Waals surface area contributed by atoms with Crippen LogP contribution in [0.25, 0.3) is 0 Å². The Morgan fingerprint density at radius 2 is 1.78 bits per heavy atom. The topological polar surface area (TPSA) is 67.4 Å². The second-order valence-electron chi connectivity index (χ2n) is 4.76. The molecule has 0 aliphatic carbocycles. The van der Waals surface area contributed by atoms with Crippen molar-refractivity contribution in [2.45, 2.75) is 20.9 Å². The first-order valence-electron chi connectivity index (χ1n) is 6.88. The molecule has 2 aromatic carbocycles. The fourth-order valence-electron chi connectivity index (χ4n) is 1.96. The number of methoxy groups -OCH3 is 1. The summed E-state index contributed by atoms with van der Waals surface area (Å²) in [7, 11) is 1.49. The van der Waals surface area contributed by atoms with Gasteiger partial charge in [-0.15, -0.1) is 0 Å². The van der Waals surface area contributed by atoms with Gasteiger partial charge in [-0.3, -0.25) is 4.79 Å². The molecule has 2 N–H and O–H groups in total. The predicted octanol–water partition coefficient (Wildman–Crippen LogP) is 3.86. The lowest BCUT2D eigenvalue weighted by Gasteiger charge is -2.12. The summed E-state index contributed by atoms with van der Waals surface area (Å²) in [6.45, 7) is 1.91. The Hall–Kier alpha value is -2.82.